The maximum absolute atomic E-state index is 6.10. The molecule has 20 heavy (non-hydrogen) atoms. The van der Waals surface area contributed by atoms with Crippen molar-refractivity contribution in [2.75, 3.05) is 0 Å². The zero-order valence-electron chi connectivity index (χ0n) is 11.8. The highest BCUT2D eigenvalue weighted by Crippen LogP contribution is 2.32. The molecule has 0 saturated heterocycles. The summed E-state index contributed by atoms with van der Waals surface area (Å²) >= 11 is 6.10. The van der Waals surface area contributed by atoms with Crippen molar-refractivity contribution in [3.63, 3.8) is 0 Å². The average molecular weight is 286 g/mol. The Hall–Kier alpha value is -1.87. The predicted molar refractivity (Wildman–Crippen MR) is 83.1 cm³/mol. The molecular formula is C16H16ClN3. The zero-order valence-corrected chi connectivity index (χ0v) is 12.5. The van der Waals surface area contributed by atoms with Gasteiger partial charge < -0.3 is 4.57 Å². The highest BCUT2D eigenvalue weighted by molar-refractivity contribution is 6.31. The summed E-state index contributed by atoms with van der Waals surface area (Å²) in [4.78, 5) is 8.83. The van der Waals surface area contributed by atoms with Gasteiger partial charge in [0.2, 0.25) is 0 Å². The van der Waals surface area contributed by atoms with Gasteiger partial charge in [0.1, 0.15) is 5.69 Å². The molecule has 2 aromatic heterocycles. The monoisotopic (exact) mass is 285 g/mol. The van der Waals surface area contributed by atoms with Gasteiger partial charge in [0.25, 0.3) is 0 Å². The van der Waals surface area contributed by atoms with E-state index in [1.807, 2.05) is 19.1 Å². The van der Waals surface area contributed by atoms with Crippen LogP contribution in [0, 0.1) is 6.92 Å². The van der Waals surface area contributed by atoms with Crippen LogP contribution in [-0.2, 0) is 0 Å². The molecule has 0 aliphatic heterocycles. The van der Waals surface area contributed by atoms with Crippen LogP contribution >= 0.6 is 11.6 Å². The Kier molecular flexibility index (Phi) is 3.22. The van der Waals surface area contributed by atoms with Gasteiger partial charge in [-0.05, 0) is 45.0 Å². The van der Waals surface area contributed by atoms with E-state index in [9.17, 15) is 0 Å². The number of aryl methyl sites for hydroxylation is 1. The van der Waals surface area contributed by atoms with Crippen LogP contribution in [0.3, 0.4) is 0 Å². The summed E-state index contributed by atoms with van der Waals surface area (Å²) in [6.07, 6.45) is 3.45. The highest BCUT2D eigenvalue weighted by Gasteiger charge is 2.16. The molecule has 3 aromatic rings. The van der Waals surface area contributed by atoms with E-state index >= 15 is 0 Å². The molecule has 0 aliphatic carbocycles. The van der Waals surface area contributed by atoms with Gasteiger partial charge in [-0.25, -0.2) is 0 Å². The topological polar surface area (TPSA) is 30.7 Å². The lowest BCUT2D eigenvalue weighted by Gasteiger charge is -2.15. The Labute approximate surface area is 123 Å². The standard InChI is InChI=1S/C16H16ClN3/c1-10(2)20-14-5-4-13(17)8-12(14)9-15(20)16-11(3)18-6-7-19-16/h4-10H,1-3H3. The van der Waals surface area contributed by atoms with Crippen LogP contribution in [0.2, 0.25) is 5.02 Å². The van der Waals surface area contributed by atoms with Gasteiger partial charge >= 0.3 is 0 Å². The number of fused-ring (bicyclic) bond motifs is 1. The second-order valence-corrected chi connectivity index (χ2v) is 5.62. The summed E-state index contributed by atoms with van der Waals surface area (Å²) in [5.41, 5.74) is 4.11. The third-order valence-electron chi connectivity index (χ3n) is 3.44. The molecule has 0 unspecified atom stereocenters. The molecule has 0 saturated carbocycles. The molecule has 1 aromatic carbocycles. The Morgan fingerprint density at radius 2 is 1.85 bits per heavy atom. The molecule has 0 bridgehead atoms. The molecular weight excluding hydrogens is 270 g/mol. The van der Waals surface area contributed by atoms with E-state index < -0.39 is 0 Å². The highest BCUT2D eigenvalue weighted by atomic mass is 35.5. The molecule has 0 atom stereocenters. The van der Waals surface area contributed by atoms with E-state index in [2.05, 4.69) is 40.5 Å². The zero-order chi connectivity index (χ0) is 14.3. The van der Waals surface area contributed by atoms with Gasteiger partial charge in [0, 0.05) is 34.4 Å². The third-order valence-corrected chi connectivity index (χ3v) is 3.68. The van der Waals surface area contributed by atoms with Gasteiger partial charge in [-0.1, -0.05) is 11.6 Å². The summed E-state index contributed by atoms with van der Waals surface area (Å²) in [7, 11) is 0. The van der Waals surface area contributed by atoms with Crippen molar-refractivity contribution >= 4 is 22.5 Å². The van der Waals surface area contributed by atoms with Crippen LogP contribution < -0.4 is 0 Å². The predicted octanol–water partition coefficient (Wildman–Crippen LogP) is 4.64. The second-order valence-electron chi connectivity index (χ2n) is 5.19. The van der Waals surface area contributed by atoms with Crippen LogP contribution in [0.1, 0.15) is 25.6 Å². The summed E-state index contributed by atoms with van der Waals surface area (Å²) < 4.78 is 2.28. The first-order valence-corrected chi connectivity index (χ1v) is 7.04. The smallest absolute Gasteiger partial charge is 0.108 e. The summed E-state index contributed by atoms with van der Waals surface area (Å²) in [5, 5.41) is 1.88. The normalized spacial score (nSPS) is 11.4. The first-order valence-electron chi connectivity index (χ1n) is 6.66. The minimum Gasteiger partial charge on any atom is -0.337 e. The fourth-order valence-corrected chi connectivity index (χ4v) is 2.79. The quantitative estimate of drug-likeness (QED) is 0.687. The van der Waals surface area contributed by atoms with Crippen LogP contribution in [0.5, 0.6) is 0 Å². The van der Waals surface area contributed by atoms with Gasteiger partial charge in [-0.3, -0.25) is 9.97 Å². The molecule has 2 heterocycles. The molecule has 0 N–H and O–H groups in total. The lowest BCUT2D eigenvalue weighted by molar-refractivity contribution is 0.627. The molecule has 3 rings (SSSR count). The molecule has 4 heteroatoms. The maximum atomic E-state index is 6.10. The summed E-state index contributed by atoms with van der Waals surface area (Å²) in [5.74, 6) is 0. The first kappa shape index (κ1) is 13.1. The van der Waals surface area contributed by atoms with E-state index in [-0.39, 0.29) is 0 Å². The molecule has 102 valence electrons. The maximum Gasteiger partial charge on any atom is 0.108 e. The Balaban J connectivity index is 2.35. The lowest BCUT2D eigenvalue weighted by Crippen LogP contribution is -2.04. The van der Waals surface area contributed by atoms with E-state index in [1.54, 1.807) is 12.4 Å². The minimum atomic E-state index is 0.338. The molecule has 0 aliphatic rings. The molecule has 0 spiro atoms. The van der Waals surface area contributed by atoms with Crippen molar-refractivity contribution in [3.05, 3.63) is 47.4 Å². The number of aromatic nitrogens is 3. The Morgan fingerprint density at radius 1 is 1.10 bits per heavy atom. The molecule has 0 amide bonds. The van der Waals surface area contributed by atoms with Gasteiger partial charge in [-0.15, -0.1) is 0 Å². The van der Waals surface area contributed by atoms with Crippen molar-refractivity contribution in [2.45, 2.75) is 26.8 Å². The average Bonchev–Trinajstić information content (AvgIpc) is 2.77. The molecule has 0 fully saturated rings. The fourth-order valence-electron chi connectivity index (χ4n) is 2.60. The van der Waals surface area contributed by atoms with E-state index in [0.717, 1.165) is 27.5 Å². The van der Waals surface area contributed by atoms with Crippen molar-refractivity contribution < 1.29 is 0 Å². The summed E-state index contributed by atoms with van der Waals surface area (Å²) in [6.45, 7) is 6.32. The SMILES string of the molecule is Cc1nccnc1-c1cc2cc(Cl)ccc2n1C(C)C. The van der Waals surface area contributed by atoms with Crippen LogP contribution in [-0.4, -0.2) is 14.5 Å². The minimum absolute atomic E-state index is 0.338. The fraction of sp³-hybridized carbons (Fsp3) is 0.250. The number of hydrogen-bond acceptors (Lipinski definition) is 2. The van der Waals surface area contributed by atoms with E-state index in [1.165, 1.54) is 5.52 Å². The first-order chi connectivity index (χ1) is 9.58. The lowest BCUT2D eigenvalue weighted by atomic mass is 10.2. The van der Waals surface area contributed by atoms with Gasteiger partial charge in [-0.2, -0.15) is 0 Å². The number of benzene rings is 1. The number of halogens is 1. The van der Waals surface area contributed by atoms with Crippen LogP contribution in [0.4, 0.5) is 0 Å². The number of nitrogens with zero attached hydrogens (tertiary/aromatic N) is 3. The Bertz CT molecular complexity index is 774. The molecule has 3 nitrogen and oxygen atoms in total. The third kappa shape index (κ3) is 2.08. The van der Waals surface area contributed by atoms with E-state index in [4.69, 9.17) is 11.6 Å². The summed E-state index contributed by atoms with van der Waals surface area (Å²) in [6, 6.07) is 8.46. The van der Waals surface area contributed by atoms with Crippen molar-refractivity contribution in [3.8, 4) is 11.4 Å². The van der Waals surface area contributed by atoms with Crippen molar-refractivity contribution in [1.29, 1.82) is 0 Å². The van der Waals surface area contributed by atoms with Crippen molar-refractivity contribution in [2.24, 2.45) is 0 Å². The number of hydrogen-bond donors (Lipinski definition) is 0. The van der Waals surface area contributed by atoms with Crippen LogP contribution in [0.25, 0.3) is 22.3 Å². The largest absolute Gasteiger partial charge is 0.337 e. The Morgan fingerprint density at radius 3 is 2.55 bits per heavy atom. The van der Waals surface area contributed by atoms with Crippen molar-refractivity contribution in [1.82, 2.24) is 14.5 Å². The van der Waals surface area contributed by atoms with E-state index in [0.29, 0.717) is 6.04 Å². The number of rotatable bonds is 2. The molecule has 0 radical (unpaired) electrons. The van der Waals surface area contributed by atoms with Crippen LogP contribution in [0.15, 0.2) is 36.7 Å². The second kappa shape index (κ2) is 4.91. The van der Waals surface area contributed by atoms with Gasteiger partial charge in [0.15, 0.2) is 0 Å². The van der Waals surface area contributed by atoms with Gasteiger partial charge in [0.05, 0.1) is 11.4 Å².